The van der Waals surface area contributed by atoms with Gasteiger partial charge in [0.25, 0.3) is 0 Å². The molecule has 0 amide bonds. The Morgan fingerprint density at radius 1 is 1.50 bits per heavy atom. The van der Waals surface area contributed by atoms with Gasteiger partial charge in [0.2, 0.25) is 0 Å². The van der Waals surface area contributed by atoms with Crippen molar-refractivity contribution in [3.63, 3.8) is 0 Å². The first-order chi connectivity index (χ1) is 9.47. The summed E-state index contributed by atoms with van der Waals surface area (Å²) in [5.74, 6) is 0.747. The second kappa shape index (κ2) is 6.08. The van der Waals surface area contributed by atoms with Gasteiger partial charge in [-0.15, -0.1) is 10.2 Å². The van der Waals surface area contributed by atoms with E-state index in [-0.39, 0.29) is 11.7 Å². The van der Waals surface area contributed by atoms with Gasteiger partial charge in [0.1, 0.15) is 5.82 Å². The van der Waals surface area contributed by atoms with Crippen LogP contribution >= 0.6 is 11.8 Å². The molecule has 0 aliphatic rings. The number of thioether (sulfide) groups is 1. The number of rotatable bonds is 6. The van der Waals surface area contributed by atoms with Crippen molar-refractivity contribution in [2.24, 2.45) is 0 Å². The average molecular weight is 296 g/mol. The van der Waals surface area contributed by atoms with E-state index in [2.05, 4.69) is 15.4 Å². The molecule has 0 saturated carbocycles. The Morgan fingerprint density at radius 3 is 2.80 bits per heavy atom. The van der Waals surface area contributed by atoms with Gasteiger partial charge >= 0.3 is 5.97 Å². The normalized spacial score (nSPS) is 11.2. The Morgan fingerprint density at radius 2 is 2.25 bits per heavy atom. The maximum atomic E-state index is 10.7. The lowest BCUT2D eigenvalue weighted by Crippen LogP contribution is -2.08. The van der Waals surface area contributed by atoms with E-state index < -0.39 is 5.97 Å². The first kappa shape index (κ1) is 14.6. The summed E-state index contributed by atoms with van der Waals surface area (Å²) >= 11 is 1.15. The molecule has 0 aliphatic carbocycles. The molecule has 0 bridgehead atoms. The standard InChI is InChI=1S/C12H16N4O3S/c1-7(2)11-13-14-12(20-6-10(17)18)16(11)5-9-4-8(3)15-19-9/h4,7H,5-6H2,1-3H3,(H,17,18). The Balaban J connectivity index is 2.26. The van der Waals surface area contributed by atoms with Gasteiger partial charge in [0.15, 0.2) is 10.9 Å². The number of hydrogen-bond acceptors (Lipinski definition) is 6. The topological polar surface area (TPSA) is 94.0 Å². The molecule has 0 fully saturated rings. The van der Waals surface area contributed by atoms with E-state index in [0.717, 1.165) is 23.3 Å². The van der Waals surface area contributed by atoms with Crippen LogP contribution in [0.1, 0.15) is 37.0 Å². The third-order valence-electron chi connectivity index (χ3n) is 2.58. The second-order valence-electron chi connectivity index (χ2n) is 4.70. The van der Waals surface area contributed by atoms with Crippen LogP contribution in [-0.2, 0) is 11.3 Å². The van der Waals surface area contributed by atoms with Crippen molar-refractivity contribution in [3.05, 3.63) is 23.3 Å². The molecular formula is C12H16N4O3S. The molecule has 0 aliphatic heterocycles. The van der Waals surface area contributed by atoms with Crippen LogP contribution in [0, 0.1) is 6.92 Å². The summed E-state index contributed by atoms with van der Waals surface area (Å²) in [6.07, 6.45) is 0. The number of carboxylic acids is 1. The summed E-state index contributed by atoms with van der Waals surface area (Å²) in [5, 5.41) is 21.4. The zero-order valence-corrected chi connectivity index (χ0v) is 12.3. The average Bonchev–Trinajstić information content (AvgIpc) is 2.94. The quantitative estimate of drug-likeness (QED) is 0.814. The van der Waals surface area contributed by atoms with Crippen LogP contribution in [0.15, 0.2) is 15.7 Å². The molecule has 0 unspecified atom stereocenters. The molecular weight excluding hydrogens is 280 g/mol. The number of aryl methyl sites for hydroxylation is 1. The van der Waals surface area contributed by atoms with Crippen molar-refractivity contribution in [2.45, 2.75) is 38.4 Å². The molecule has 8 heteroatoms. The molecule has 0 atom stereocenters. The molecule has 7 nitrogen and oxygen atoms in total. The molecule has 2 heterocycles. The van der Waals surface area contributed by atoms with E-state index >= 15 is 0 Å². The molecule has 2 rings (SSSR count). The fourth-order valence-corrected chi connectivity index (χ4v) is 2.42. The van der Waals surface area contributed by atoms with Crippen molar-refractivity contribution >= 4 is 17.7 Å². The highest BCUT2D eigenvalue weighted by Gasteiger charge is 2.17. The van der Waals surface area contributed by atoms with Crippen molar-refractivity contribution in [2.75, 3.05) is 5.75 Å². The first-order valence-electron chi connectivity index (χ1n) is 6.17. The third kappa shape index (κ3) is 3.38. The highest BCUT2D eigenvalue weighted by Crippen LogP contribution is 2.22. The summed E-state index contributed by atoms with van der Waals surface area (Å²) < 4.78 is 7.07. The number of carbonyl (C=O) groups is 1. The Bertz CT molecular complexity index is 606. The largest absolute Gasteiger partial charge is 0.481 e. The molecule has 0 spiro atoms. The summed E-state index contributed by atoms with van der Waals surface area (Å²) in [4.78, 5) is 10.7. The van der Waals surface area contributed by atoms with E-state index in [1.165, 1.54) is 0 Å². The van der Waals surface area contributed by atoms with E-state index in [0.29, 0.717) is 17.5 Å². The minimum absolute atomic E-state index is 0.0499. The fourth-order valence-electron chi connectivity index (χ4n) is 1.76. The van der Waals surface area contributed by atoms with Gasteiger partial charge in [-0.25, -0.2) is 0 Å². The van der Waals surface area contributed by atoms with Gasteiger partial charge in [-0.1, -0.05) is 30.8 Å². The lowest BCUT2D eigenvalue weighted by Gasteiger charge is -2.09. The van der Waals surface area contributed by atoms with Crippen LogP contribution in [0.25, 0.3) is 0 Å². The molecule has 2 aromatic heterocycles. The summed E-state index contributed by atoms with van der Waals surface area (Å²) in [5.41, 5.74) is 0.805. The van der Waals surface area contributed by atoms with Crippen molar-refractivity contribution in [1.82, 2.24) is 19.9 Å². The van der Waals surface area contributed by atoms with Crippen LogP contribution in [0.2, 0.25) is 0 Å². The van der Waals surface area contributed by atoms with Crippen LogP contribution in [0.5, 0.6) is 0 Å². The molecule has 0 aromatic carbocycles. The van der Waals surface area contributed by atoms with Gasteiger partial charge in [-0.3, -0.25) is 9.36 Å². The second-order valence-corrected chi connectivity index (χ2v) is 5.64. The predicted octanol–water partition coefficient (Wildman–Crippen LogP) is 1.92. The fraction of sp³-hybridized carbons (Fsp3) is 0.500. The highest BCUT2D eigenvalue weighted by atomic mass is 32.2. The monoisotopic (exact) mass is 296 g/mol. The van der Waals surface area contributed by atoms with Crippen molar-refractivity contribution in [1.29, 1.82) is 0 Å². The van der Waals surface area contributed by atoms with Crippen LogP contribution in [0.4, 0.5) is 0 Å². The Labute approximate surface area is 120 Å². The molecule has 20 heavy (non-hydrogen) atoms. The van der Waals surface area contributed by atoms with Gasteiger partial charge in [-0.2, -0.15) is 0 Å². The van der Waals surface area contributed by atoms with E-state index in [1.807, 2.05) is 31.4 Å². The van der Waals surface area contributed by atoms with Crippen LogP contribution < -0.4 is 0 Å². The van der Waals surface area contributed by atoms with Crippen molar-refractivity contribution in [3.8, 4) is 0 Å². The third-order valence-corrected chi connectivity index (χ3v) is 3.53. The minimum atomic E-state index is -0.883. The summed E-state index contributed by atoms with van der Waals surface area (Å²) in [6, 6.07) is 1.84. The SMILES string of the molecule is Cc1cc(Cn2c(SCC(=O)O)nnc2C(C)C)on1. The van der Waals surface area contributed by atoms with Gasteiger partial charge < -0.3 is 9.63 Å². The summed E-state index contributed by atoms with van der Waals surface area (Å²) in [7, 11) is 0. The molecule has 108 valence electrons. The molecule has 1 N–H and O–H groups in total. The predicted molar refractivity (Wildman–Crippen MR) is 72.8 cm³/mol. The van der Waals surface area contributed by atoms with Gasteiger partial charge in [0.05, 0.1) is 18.0 Å². The maximum absolute atomic E-state index is 10.7. The zero-order valence-electron chi connectivity index (χ0n) is 11.5. The highest BCUT2D eigenvalue weighted by molar-refractivity contribution is 7.99. The lowest BCUT2D eigenvalue weighted by atomic mass is 10.2. The van der Waals surface area contributed by atoms with Crippen LogP contribution in [0.3, 0.4) is 0 Å². The number of aromatic nitrogens is 4. The van der Waals surface area contributed by atoms with E-state index in [4.69, 9.17) is 9.63 Å². The van der Waals surface area contributed by atoms with Crippen molar-refractivity contribution < 1.29 is 14.4 Å². The van der Waals surface area contributed by atoms with E-state index in [1.54, 1.807) is 0 Å². The van der Waals surface area contributed by atoms with Gasteiger partial charge in [0, 0.05) is 12.0 Å². The first-order valence-corrected chi connectivity index (χ1v) is 7.15. The lowest BCUT2D eigenvalue weighted by molar-refractivity contribution is -0.133. The minimum Gasteiger partial charge on any atom is -0.481 e. The van der Waals surface area contributed by atoms with Crippen LogP contribution in [-0.4, -0.2) is 36.7 Å². The number of nitrogens with zero attached hydrogens (tertiary/aromatic N) is 4. The maximum Gasteiger partial charge on any atom is 0.313 e. The Hall–Kier alpha value is -1.83. The summed E-state index contributed by atoms with van der Waals surface area (Å²) in [6.45, 7) is 6.32. The smallest absolute Gasteiger partial charge is 0.313 e. The van der Waals surface area contributed by atoms with Gasteiger partial charge in [-0.05, 0) is 6.92 Å². The Kier molecular flexibility index (Phi) is 4.43. The number of carboxylic acid groups (broad SMARTS) is 1. The van der Waals surface area contributed by atoms with E-state index in [9.17, 15) is 4.79 Å². The number of aliphatic carboxylic acids is 1. The molecule has 2 aromatic rings. The number of hydrogen-bond donors (Lipinski definition) is 1. The molecule has 0 radical (unpaired) electrons. The molecule has 0 saturated heterocycles. The zero-order chi connectivity index (χ0) is 14.7.